The van der Waals surface area contributed by atoms with Gasteiger partial charge in [-0.25, -0.2) is 4.79 Å². The maximum absolute atomic E-state index is 11.8. The number of rotatable bonds is 6. The highest BCUT2D eigenvalue weighted by atomic mass is 32.1. The minimum atomic E-state index is -0.248. The van der Waals surface area contributed by atoms with Crippen LogP contribution in [0.5, 0.6) is 5.75 Å². The van der Waals surface area contributed by atoms with Gasteiger partial charge in [-0.15, -0.1) is 11.3 Å². The lowest BCUT2D eigenvalue weighted by Crippen LogP contribution is -2.32. The number of nitrogens with one attached hydrogen (secondary N) is 2. The first kappa shape index (κ1) is 15.3. The molecule has 0 saturated heterocycles. The van der Waals surface area contributed by atoms with Gasteiger partial charge in [-0.1, -0.05) is 12.1 Å². The number of urea groups is 1. The Hall–Kier alpha value is -2.05. The number of amides is 2. The molecular formula is C15H18N2O3S. The Kier molecular flexibility index (Phi) is 5.59. The van der Waals surface area contributed by atoms with Gasteiger partial charge in [0.05, 0.1) is 18.2 Å². The normalized spacial score (nSPS) is 11.7. The molecule has 2 N–H and O–H groups in total. The molecule has 0 fully saturated rings. The summed E-state index contributed by atoms with van der Waals surface area (Å²) in [5.41, 5.74) is 0.952. The standard InChI is InChI=1S/C15H18N2O3S/c1-19-12-6-3-5-11(9-12)13(20-2)10-16-15(18)17-14-7-4-8-21-14/h3-9,13H,10H2,1-2H3,(H2,16,17,18). The second kappa shape index (κ2) is 7.66. The first-order valence-electron chi connectivity index (χ1n) is 6.48. The summed E-state index contributed by atoms with van der Waals surface area (Å²) in [6.07, 6.45) is -0.228. The summed E-state index contributed by atoms with van der Waals surface area (Å²) < 4.78 is 10.6. The lowest BCUT2D eigenvalue weighted by molar-refractivity contribution is 0.104. The van der Waals surface area contributed by atoms with Crippen LogP contribution in [0.15, 0.2) is 41.8 Å². The van der Waals surface area contributed by atoms with Gasteiger partial charge >= 0.3 is 6.03 Å². The van der Waals surface area contributed by atoms with E-state index in [-0.39, 0.29) is 12.1 Å². The summed E-state index contributed by atoms with van der Waals surface area (Å²) in [5.74, 6) is 0.762. The summed E-state index contributed by atoms with van der Waals surface area (Å²) in [7, 11) is 3.23. The zero-order chi connectivity index (χ0) is 15.1. The van der Waals surface area contributed by atoms with Crippen LogP contribution in [0, 0.1) is 0 Å². The second-order valence-corrected chi connectivity index (χ2v) is 5.26. The topological polar surface area (TPSA) is 59.6 Å². The van der Waals surface area contributed by atoms with Crippen molar-refractivity contribution >= 4 is 22.4 Å². The van der Waals surface area contributed by atoms with E-state index in [9.17, 15) is 4.79 Å². The number of anilines is 1. The van der Waals surface area contributed by atoms with Crippen molar-refractivity contribution in [3.63, 3.8) is 0 Å². The molecule has 1 aromatic carbocycles. The maximum atomic E-state index is 11.8. The fourth-order valence-electron chi connectivity index (χ4n) is 1.87. The second-order valence-electron chi connectivity index (χ2n) is 4.31. The van der Waals surface area contributed by atoms with Crippen LogP contribution in [0.1, 0.15) is 11.7 Å². The molecule has 6 heteroatoms. The Balaban J connectivity index is 1.91. The summed E-state index contributed by atoms with van der Waals surface area (Å²) in [5, 5.41) is 8.28. The van der Waals surface area contributed by atoms with Crippen molar-refractivity contribution in [2.45, 2.75) is 6.10 Å². The van der Waals surface area contributed by atoms with Crippen LogP contribution in [0.25, 0.3) is 0 Å². The third-order valence-corrected chi connectivity index (χ3v) is 3.74. The molecule has 1 aromatic heterocycles. The van der Waals surface area contributed by atoms with Gasteiger partial charge in [0.1, 0.15) is 5.75 Å². The van der Waals surface area contributed by atoms with Crippen LogP contribution in [0.3, 0.4) is 0 Å². The summed E-state index contributed by atoms with van der Waals surface area (Å²) in [4.78, 5) is 11.8. The molecule has 0 saturated carbocycles. The van der Waals surface area contributed by atoms with Crippen LogP contribution in [0.2, 0.25) is 0 Å². The Bertz CT molecular complexity index is 572. The monoisotopic (exact) mass is 306 g/mol. The van der Waals surface area contributed by atoms with Gasteiger partial charge in [0.2, 0.25) is 0 Å². The molecule has 0 aliphatic heterocycles. The van der Waals surface area contributed by atoms with Crippen LogP contribution in [0.4, 0.5) is 9.80 Å². The number of hydrogen-bond acceptors (Lipinski definition) is 4. The zero-order valence-electron chi connectivity index (χ0n) is 12.0. The highest BCUT2D eigenvalue weighted by Gasteiger charge is 2.13. The first-order valence-corrected chi connectivity index (χ1v) is 7.36. The van der Waals surface area contributed by atoms with Crippen molar-refractivity contribution in [3.05, 3.63) is 47.3 Å². The Morgan fingerprint density at radius 1 is 1.29 bits per heavy atom. The average Bonchev–Trinajstić information content (AvgIpc) is 3.01. The number of benzene rings is 1. The van der Waals surface area contributed by atoms with E-state index in [1.807, 2.05) is 41.8 Å². The van der Waals surface area contributed by atoms with Gasteiger partial charge in [-0.2, -0.15) is 0 Å². The molecule has 2 amide bonds. The molecule has 0 radical (unpaired) electrons. The molecule has 1 atom stereocenters. The van der Waals surface area contributed by atoms with E-state index in [0.717, 1.165) is 16.3 Å². The fourth-order valence-corrected chi connectivity index (χ4v) is 2.48. The van der Waals surface area contributed by atoms with E-state index in [2.05, 4.69) is 10.6 Å². The molecule has 5 nitrogen and oxygen atoms in total. The maximum Gasteiger partial charge on any atom is 0.319 e. The van der Waals surface area contributed by atoms with Crippen molar-refractivity contribution in [2.75, 3.05) is 26.1 Å². The van der Waals surface area contributed by atoms with E-state index in [1.54, 1.807) is 14.2 Å². The third-order valence-electron chi connectivity index (χ3n) is 2.96. The Morgan fingerprint density at radius 3 is 2.81 bits per heavy atom. The molecule has 0 aliphatic carbocycles. The Morgan fingerprint density at radius 2 is 2.14 bits per heavy atom. The quantitative estimate of drug-likeness (QED) is 0.861. The van der Waals surface area contributed by atoms with Crippen LogP contribution in [-0.2, 0) is 4.74 Å². The number of thiophene rings is 1. The van der Waals surface area contributed by atoms with Crippen molar-refractivity contribution in [1.29, 1.82) is 0 Å². The number of carbonyl (C=O) groups is 1. The summed E-state index contributed by atoms with van der Waals surface area (Å²) in [6, 6.07) is 11.1. The molecule has 21 heavy (non-hydrogen) atoms. The SMILES string of the molecule is COc1cccc(C(CNC(=O)Nc2cccs2)OC)c1. The van der Waals surface area contributed by atoms with Gasteiger partial charge in [-0.05, 0) is 35.2 Å². The summed E-state index contributed by atoms with van der Waals surface area (Å²) in [6.45, 7) is 0.376. The van der Waals surface area contributed by atoms with Gasteiger partial charge in [0, 0.05) is 13.7 Å². The molecule has 1 unspecified atom stereocenters. The smallest absolute Gasteiger partial charge is 0.319 e. The first-order chi connectivity index (χ1) is 10.2. The van der Waals surface area contributed by atoms with E-state index >= 15 is 0 Å². The molecule has 112 valence electrons. The number of ether oxygens (including phenoxy) is 2. The van der Waals surface area contributed by atoms with E-state index in [0.29, 0.717) is 6.54 Å². The number of hydrogen-bond donors (Lipinski definition) is 2. The lowest BCUT2D eigenvalue weighted by Gasteiger charge is -2.17. The molecule has 0 bridgehead atoms. The highest BCUT2D eigenvalue weighted by Crippen LogP contribution is 2.21. The molecule has 2 rings (SSSR count). The fraction of sp³-hybridized carbons (Fsp3) is 0.267. The predicted molar refractivity (Wildman–Crippen MR) is 84.1 cm³/mol. The molecular weight excluding hydrogens is 288 g/mol. The minimum Gasteiger partial charge on any atom is -0.497 e. The van der Waals surface area contributed by atoms with Crippen LogP contribution >= 0.6 is 11.3 Å². The van der Waals surface area contributed by atoms with Crippen molar-refractivity contribution in [3.8, 4) is 5.75 Å². The van der Waals surface area contributed by atoms with Gasteiger partial charge in [-0.3, -0.25) is 5.32 Å². The molecule has 2 aromatic rings. The van der Waals surface area contributed by atoms with Crippen molar-refractivity contribution in [2.24, 2.45) is 0 Å². The molecule has 1 heterocycles. The van der Waals surface area contributed by atoms with E-state index < -0.39 is 0 Å². The molecule has 0 aliphatic rings. The summed E-state index contributed by atoms with van der Waals surface area (Å²) >= 11 is 1.47. The number of carbonyl (C=O) groups excluding carboxylic acids is 1. The van der Waals surface area contributed by atoms with Crippen molar-refractivity contribution < 1.29 is 14.3 Å². The van der Waals surface area contributed by atoms with Gasteiger partial charge in [0.25, 0.3) is 0 Å². The van der Waals surface area contributed by atoms with E-state index in [1.165, 1.54) is 11.3 Å². The predicted octanol–water partition coefficient (Wildman–Crippen LogP) is 3.27. The highest BCUT2D eigenvalue weighted by molar-refractivity contribution is 7.14. The lowest BCUT2D eigenvalue weighted by atomic mass is 10.1. The number of methoxy groups -OCH3 is 2. The largest absolute Gasteiger partial charge is 0.497 e. The molecule has 0 spiro atoms. The minimum absolute atomic E-state index is 0.228. The van der Waals surface area contributed by atoms with Gasteiger partial charge in [0.15, 0.2) is 0 Å². The zero-order valence-corrected chi connectivity index (χ0v) is 12.8. The van der Waals surface area contributed by atoms with Crippen molar-refractivity contribution in [1.82, 2.24) is 5.32 Å². The van der Waals surface area contributed by atoms with Crippen LogP contribution < -0.4 is 15.4 Å². The van der Waals surface area contributed by atoms with Crippen LogP contribution in [-0.4, -0.2) is 26.8 Å². The third kappa shape index (κ3) is 4.47. The average molecular weight is 306 g/mol. The van der Waals surface area contributed by atoms with Gasteiger partial charge < -0.3 is 14.8 Å². The Labute approximate surface area is 127 Å². The van der Waals surface area contributed by atoms with E-state index in [4.69, 9.17) is 9.47 Å².